The average molecular weight is 606 g/mol. The van der Waals surface area contributed by atoms with Gasteiger partial charge in [-0.2, -0.15) is 0 Å². The molecule has 3 aliphatic heterocycles. The molecular formula is C31H43NO11. The van der Waals surface area contributed by atoms with Crippen molar-refractivity contribution in [3.63, 3.8) is 0 Å². The van der Waals surface area contributed by atoms with E-state index in [4.69, 9.17) is 24.7 Å². The smallest absolute Gasteiger partial charge is 0.341 e. The van der Waals surface area contributed by atoms with Crippen LogP contribution in [0.4, 0.5) is 0 Å². The van der Waals surface area contributed by atoms with E-state index < -0.39 is 111 Å². The van der Waals surface area contributed by atoms with Gasteiger partial charge in [0.25, 0.3) is 0 Å². The summed E-state index contributed by atoms with van der Waals surface area (Å²) in [5, 5.41) is 47.9. The Bertz CT molecular complexity index is 1350. The number of ketones is 1. The molecule has 3 saturated heterocycles. The summed E-state index contributed by atoms with van der Waals surface area (Å²) in [6.07, 6.45) is -4.48. The molecule has 8 aliphatic rings. The number of hydrogen-bond acceptors (Lipinski definition) is 12. The minimum atomic E-state index is -1.95. The highest BCUT2D eigenvalue weighted by atomic mass is 16.8. The fourth-order valence-corrected chi connectivity index (χ4v) is 12.8. The number of nitrogens with two attached hydrogens (primary N) is 1. The predicted octanol–water partition coefficient (Wildman–Crippen LogP) is -0.588. The molecule has 8 fully saturated rings. The SMILES string of the molecule is CC(=O)O[C@H]1CC2C([C@@H](O)[C@@H](N)[C@@]3(O)C[C@@H]4O[C@@H]4[C@H](O)[C@]23C(C)=O)[C@@H]2C[C@@H]3[C@H]([C@H](C)[C@H]4O[C@]45OC(=O)[C@@](C)(O)[C@]35C)[C@@]12C. The molecule has 6 N–H and O–H groups in total. The van der Waals surface area contributed by atoms with Crippen molar-refractivity contribution in [1.29, 1.82) is 0 Å². The monoisotopic (exact) mass is 605 g/mol. The van der Waals surface area contributed by atoms with Crippen LogP contribution in [0.3, 0.4) is 0 Å². The quantitative estimate of drug-likeness (QED) is 0.198. The van der Waals surface area contributed by atoms with E-state index in [1.165, 1.54) is 20.8 Å². The molecule has 5 aliphatic carbocycles. The zero-order chi connectivity index (χ0) is 31.2. The molecule has 0 radical (unpaired) electrons. The summed E-state index contributed by atoms with van der Waals surface area (Å²) < 4.78 is 23.9. The first-order valence-electron chi connectivity index (χ1n) is 15.7. The number of rotatable bonds is 2. The van der Waals surface area contributed by atoms with Gasteiger partial charge in [-0.05, 0) is 69.1 Å². The van der Waals surface area contributed by atoms with Crippen molar-refractivity contribution in [2.45, 2.75) is 120 Å². The van der Waals surface area contributed by atoms with Crippen molar-refractivity contribution < 1.29 is 53.8 Å². The Hall–Kier alpha value is -1.67. The van der Waals surface area contributed by atoms with E-state index in [0.717, 1.165) is 0 Å². The van der Waals surface area contributed by atoms with Gasteiger partial charge in [-0.25, -0.2) is 4.79 Å². The molecule has 19 atom stereocenters. The molecule has 43 heavy (non-hydrogen) atoms. The molecule has 12 heteroatoms. The molecule has 1 spiro atoms. The van der Waals surface area contributed by atoms with Gasteiger partial charge in [0.2, 0.25) is 5.79 Å². The van der Waals surface area contributed by atoms with Gasteiger partial charge in [-0.3, -0.25) is 9.59 Å². The van der Waals surface area contributed by atoms with E-state index in [1.807, 2.05) is 20.8 Å². The number of aliphatic hydroxyl groups excluding tert-OH is 2. The third-order valence-corrected chi connectivity index (χ3v) is 14.7. The van der Waals surface area contributed by atoms with Crippen molar-refractivity contribution in [1.82, 2.24) is 0 Å². The fourth-order valence-electron chi connectivity index (χ4n) is 12.8. The lowest BCUT2D eigenvalue weighted by molar-refractivity contribution is -0.280. The number of carbonyl (C=O) groups is 3. The van der Waals surface area contributed by atoms with E-state index in [2.05, 4.69) is 0 Å². The second-order valence-electron chi connectivity index (χ2n) is 15.7. The average Bonchev–Trinajstić information content (AvgIpc) is 3.80. The highest BCUT2D eigenvalue weighted by Crippen LogP contribution is 2.80. The van der Waals surface area contributed by atoms with E-state index in [1.54, 1.807) is 0 Å². The minimum absolute atomic E-state index is 0.000131. The van der Waals surface area contributed by atoms with Crippen molar-refractivity contribution in [3.05, 3.63) is 0 Å². The van der Waals surface area contributed by atoms with Gasteiger partial charge >= 0.3 is 11.9 Å². The summed E-state index contributed by atoms with van der Waals surface area (Å²) in [6, 6.07) is -1.26. The highest BCUT2D eigenvalue weighted by Gasteiger charge is 2.91. The summed E-state index contributed by atoms with van der Waals surface area (Å²) in [5.74, 6) is -5.63. The van der Waals surface area contributed by atoms with Gasteiger partial charge in [0.1, 0.15) is 29.7 Å². The van der Waals surface area contributed by atoms with Crippen LogP contribution in [0.1, 0.15) is 60.8 Å². The number of fused-ring (bicyclic) bond motifs is 9. The summed E-state index contributed by atoms with van der Waals surface area (Å²) in [5.41, 5.74) is -0.815. The van der Waals surface area contributed by atoms with E-state index >= 15 is 0 Å². The Morgan fingerprint density at radius 3 is 2.35 bits per heavy atom. The molecule has 0 aromatic carbocycles. The molecule has 0 amide bonds. The van der Waals surface area contributed by atoms with Gasteiger partial charge in [0.05, 0.1) is 35.2 Å². The third-order valence-electron chi connectivity index (χ3n) is 14.7. The summed E-state index contributed by atoms with van der Waals surface area (Å²) in [6.45, 7) is 10.0. The van der Waals surface area contributed by atoms with Crippen LogP contribution in [0.5, 0.6) is 0 Å². The Labute approximate surface area is 249 Å². The molecule has 8 rings (SSSR count). The largest absolute Gasteiger partial charge is 0.462 e. The standard InChI is InChI=1S/C31H43NO11/c1-10-19-15(27(5)28(6,38)25(37)43-31(27)24(10)42-31)7-13-18-14(8-17(26(13,19)4)40-12(3)34)30(11(2)33)23(36)21-16(41-21)9-29(30,39)22(32)20(18)35/h10,13-24,35-36,38-39H,7-9,32H2,1-6H3/t10-,13-,14?,15+,16-,17-,18?,19-,20+,21-,22+,23-,24+,26+,27-,28+,29-,30-,31-/m0/s1. The van der Waals surface area contributed by atoms with Crippen molar-refractivity contribution in [3.8, 4) is 0 Å². The summed E-state index contributed by atoms with van der Waals surface area (Å²) in [7, 11) is 0. The van der Waals surface area contributed by atoms with Crippen LogP contribution >= 0.6 is 0 Å². The Morgan fingerprint density at radius 2 is 1.72 bits per heavy atom. The maximum Gasteiger partial charge on any atom is 0.341 e. The van der Waals surface area contributed by atoms with Crippen molar-refractivity contribution >= 4 is 17.7 Å². The number of hydrogen-bond donors (Lipinski definition) is 5. The van der Waals surface area contributed by atoms with Crippen LogP contribution in [0.2, 0.25) is 0 Å². The molecule has 2 unspecified atom stereocenters. The van der Waals surface area contributed by atoms with Crippen molar-refractivity contribution in [2.75, 3.05) is 0 Å². The van der Waals surface area contributed by atoms with Crippen LogP contribution < -0.4 is 5.73 Å². The molecular weight excluding hydrogens is 562 g/mol. The van der Waals surface area contributed by atoms with Crippen LogP contribution in [0.15, 0.2) is 0 Å². The van der Waals surface area contributed by atoms with E-state index in [9.17, 15) is 34.8 Å². The maximum atomic E-state index is 13.9. The predicted molar refractivity (Wildman–Crippen MR) is 143 cm³/mol. The number of Topliss-reactive ketones (excluding diaryl/α,β-unsaturated/α-hetero) is 1. The van der Waals surface area contributed by atoms with Crippen LogP contribution in [0.25, 0.3) is 0 Å². The number of epoxide rings is 2. The van der Waals surface area contributed by atoms with Gasteiger partial charge in [0, 0.05) is 18.8 Å². The molecule has 5 saturated carbocycles. The van der Waals surface area contributed by atoms with Crippen LogP contribution in [-0.4, -0.2) is 97.8 Å². The number of ether oxygens (including phenoxy) is 4. The molecule has 3 heterocycles. The van der Waals surface area contributed by atoms with Crippen molar-refractivity contribution in [2.24, 2.45) is 57.5 Å². The van der Waals surface area contributed by atoms with Crippen LogP contribution in [-0.2, 0) is 33.3 Å². The Kier molecular flexibility index (Phi) is 5.23. The fraction of sp³-hybridized carbons (Fsp3) is 0.903. The zero-order valence-electron chi connectivity index (χ0n) is 25.4. The highest BCUT2D eigenvalue weighted by molar-refractivity contribution is 5.86. The molecule has 12 nitrogen and oxygen atoms in total. The minimum Gasteiger partial charge on any atom is -0.462 e. The van der Waals surface area contributed by atoms with Gasteiger partial charge in [-0.15, -0.1) is 0 Å². The molecule has 238 valence electrons. The first-order valence-corrected chi connectivity index (χ1v) is 15.7. The molecule has 0 aromatic heterocycles. The van der Waals surface area contributed by atoms with Crippen LogP contribution in [0, 0.1) is 51.8 Å². The topological polar surface area (TPSA) is 202 Å². The lowest BCUT2D eigenvalue weighted by atomic mass is 9.38. The number of esters is 2. The Morgan fingerprint density at radius 1 is 1.05 bits per heavy atom. The Balaban J connectivity index is 1.33. The molecule has 0 aromatic rings. The zero-order valence-corrected chi connectivity index (χ0v) is 25.4. The first kappa shape index (κ1) is 28.8. The summed E-state index contributed by atoms with van der Waals surface area (Å²) >= 11 is 0. The van der Waals surface area contributed by atoms with Gasteiger partial charge in [0.15, 0.2) is 5.60 Å². The van der Waals surface area contributed by atoms with E-state index in [-0.39, 0.29) is 30.6 Å². The maximum absolute atomic E-state index is 13.9. The second kappa shape index (κ2) is 7.82. The van der Waals surface area contributed by atoms with E-state index in [0.29, 0.717) is 6.42 Å². The normalized spacial score (nSPS) is 65.4. The van der Waals surface area contributed by atoms with Gasteiger partial charge < -0.3 is 45.1 Å². The number of aliphatic hydroxyl groups is 4. The van der Waals surface area contributed by atoms with Gasteiger partial charge in [-0.1, -0.05) is 13.8 Å². The molecule has 0 bridgehead atoms. The first-order chi connectivity index (χ1) is 19.9. The third kappa shape index (κ3) is 2.69. The number of carbonyl (C=O) groups excluding carboxylic acids is 3. The summed E-state index contributed by atoms with van der Waals surface area (Å²) in [4.78, 5) is 39.7. The lowest BCUT2D eigenvalue weighted by Gasteiger charge is -2.67. The second-order valence-corrected chi connectivity index (χ2v) is 15.7. The lowest BCUT2D eigenvalue weighted by Crippen LogP contribution is -2.81.